The maximum atomic E-state index is 12.0. The van der Waals surface area contributed by atoms with Crippen molar-refractivity contribution in [3.8, 4) is 0 Å². The highest BCUT2D eigenvalue weighted by molar-refractivity contribution is 5.97. The summed E-state index contributed by atoms with van der Waals surface area (Å²) in [6.07, 6.45) is 1.46. The summed E-state index contributed by atoms with van der Waals surface area (Å²) >= 11 is 0. The Bertz CT molecular complexity index is 649. The van der Waals surface area contributed by atoms with E-state index in [1.807, 2.05) is 30.3 Å². The topological polar surface area (TPSA) is 84.2 Å². The normalized spacial score (nSPS) is 11.9. The number of carbonyl (C=O) groups is 2. The zero-order chi connectivity index (χ0) is 15.4. The summed E-state index contributed by atoms with van der Waals surface area (Å²) in [5.74, 6) is -1.50. The molecular weight excluding hydrogens is 270 g/mol. The molecule has 1 heterocycles. The van der Waals surface area contributed by atoms with E-state index in [0.717, 1.165) is 5.56 Å². The van der Waals surface area contributed by atoms with Gasteiger partial charge < -0.3 is 10.4 Å². The van der Waals surface area contributed by atoms with Gasteiger partial charge in [0, 0.05) is 5.69 Å². The van der Waals surface area contributed by atoms with Crippen LogP contribution in [0.5, 0.6) is 0 Å². The molecule has 1 aromatic carbocycles. The molecule has 0 unspecified atom stereocenters. The highest BCUT2D eigenvalue weighted by Gasteiger charge is 2.19. The predicted molar refractivity (Wildman–Crippen MR) is 77.1 cm³/mol. The number of rotatable bonds is 5. The molecule has 0 saturated carbocycles. The van der Waals surface area contributed by atoms with Crippen LogP contribution in [0.4, 0.5) is 0 Å². The van der Waals surface area contributed by atoms with Crippen molar-refractivity contribution in [1.29, 1.82) is 0 Å². The van der Waals surface area contributed by atoms with Crippen molar-refractivity contribution >= 4 is 11.9 Å². The number of hydrogen-bond acceptors (Lipinski definition) is 3. The summed E-state index contributed by atoms with van der Waals surface area (Å²) in [6.45, 7) is 3.77. The molecule has 0 spiro atoms. The maximum Gasteiger partial charge on any atom is 0.325 e. The average molecular weight is 287 g/mol. The van der Waals surface area contributed by atoms with E-state index in [4.69, 9.17) is 5.11 Å². The lowest BCUT2D eigenvalue weighted by atomic mass is 10.2. The minimum atomic E-state index is -1.07. The lowest BCUT2D eigenvalue weighted by Crippen LogP contribution is -2.38. The molecule has 1 amide bonds. The summed E-state index contributed by atoms with van der Waals surface area (Å²) in [5, 5.41) is 15.4. The van der Waals surface area contributed by atoms with Crippen LogP contribution in [0.25, 0.3) is 0 Å². The first kappa shape index (κ1) is 14.8. The zero-order valence-electron chi connectivity index (χ0n) is 11.9. The van der Waals surface area contributed by atoms with Crippen LogP contribution >= 0.6 is 0 Å². The van der Waals surface area contributed by atoms with Crippen molar-refractivity contribution < 1.29 is 14.7 Å². The fourth-order valence-corrected chi connectivity index (χ4v) is 1.92. The number of nitrogens with zero attached hydrogens (tertiary/aromatic N) is 2. The van der Waals surface area contributed by atoms with Crippen LogP contribution in [0.15, 0.2) is 36.5 Å². The fourth-order valence-electron chi connectivity index (χ4n) is 1.92. The molecule has 6 nitrogen and oxygen atoms in total. The minimum Gasteiger partial charge on any atom is -0.480 e. The predicted octanol–water partition coefficient (Wildman–Crippen LogP) is 1.44. The van der Waals surface area contributed by atoms with Gasteiger partial charge in [0.25, 0.3) is 5.91 Å². The van der Waals surface area contributed by atoms with Crippen molar-refractivity contribution in [1.82, 2.24) is 15.1 Å². The number of amides is 1. The number of carboxylic acid groups (broad SMARTS) is 1. The molecule has 0 radical (unpaired) electrons. The molecule has 0 aliphatic heterocycles. The number of aromatic nitrogens is 2. The van der Waals surface area contributed by atoms with Gasteiger partial charge in [-0.1, -0.05) is 30.3 Å². The van der Waals surface area contributed by atoms with Crippen LogP contribution in [-0.2, 0) is 11.3 Å². The largest absolute Gasteiger partial charge is 0.480 e. The molecule has 2 aromatic rings. The first-order valence-corrected chi connectivity index (χ1v) is 6.59. The van der Waals surface area contributed by atoms with Crippen molar-refractivity contribution in [2.45, 2.75) is 26.4 Å². The second kappa shape index (κ2) is 6.21. The quantitative estimate of drug-likeness (QED) is 0.871. The third-order valence-corrected chi connectivity index (χ3v) is 3.24. The molecule has 1 atom stereocenters. The SMILES string of the molecule is Cc1c(C(=O)N[C@@H](C)C(=O)O)cnn1Cc1ccccc1. The van der Waals surface area contributed by atoms with Gasteiger partial charge in [0.1, 0.15) is 6.04 Å². The van der Waals surface area contributed by atoms with Gasteiger partial charge in [-0.15, -0.1) is 0 Å². The molecule has 0 bridgehead atoms. The Balaban J connectivity index is 2.13. The lowest BCUT2D eigenvalue weighted by molar-refractivity contribution is -0.138. The van der Waals surface area contributed by atoms with Gasteiger partial charge in [0.05, 0.1) is 18.3 Å². The second-order valence-electron chi connectivity index (χ2n) is 4.82. The van der Waals surface area contributed by atoms with E-state index >= 15 is 0 Å². The van der Waals surface area contributed by atoms with Gasteiger partial charge in [0.2, 0.25) is 0 Å². The summed E-state index contributed by atoms with van der Waals surface area (Å²) in [5.41, 5.74) is 2.17. The number of carboxylic acids is 1. The van der Waals surface area contributed by atoms with E-state index in [0.29, 0.717) is 17.8 Å². The summed E-state index contributed by atoms with van der Waals surface area (Å²) in [6, 6.07) is 8.84. The summed E-state index contributed by atoms with van der Waals surface area (Å²) in [4.78, 5) is 22.8. The van der Waals surface area contributed by atoms with Gasteiger partial charge in [-0.2, -0.15) is 5.10 Å². The molecule has 0 aliphatic carbocycles. The van der Waals surface area contributed by atoms with Crippen molar-refractivity contribution in [3.63, 3.8) is 0 Å². The first-order chi connectivity index (χ1) is 9.99. The van der Waals surface area contributed by atoms with Gasteiger partial charge in [-0.05, 0) is 19.4 Å². The molecule has 21 heavy (non-hydrogen) atoms. The van der Waals surface area contributed by atoms with Crippen molar-refractivity contribution in [2.75, 3.05) is 0 Å². The van der Waals surface area contributed by atoms with E-state index in [2.05, 4.69) is 10.4 Å². The molecule has 6 heteroatoms. The van der Waals surface area contributed by atoms with Gasteiger partial charge in [0.15, 0.2) is 0 Å². The molecule has 0 saturated heterocycles. The molecular formula is C15H17N3O3. The van der Waals surface area contributed by atoms with Crippen molar-refractivity contribution in [2.24, 2.45) is 0 Å². The third-order valence-electron chi connectivity index (χ3n) is 3.24. The summed E-state index contributed by atoms with van der Waals surface area (Å²) in [7, 11) is 0. The standard InChI is InChI=1S/C15H17N3O3/c1-10(15(20)21)17-14(19)13-8-16-18(11(13)2)9-12-6-4-3-5-7-12/h3-8,10H,9H2,1-2H3,(H,17,19)(H,20,21)/t10-/m0/s1. The van der Waals surface area contributed by atoms with Crippen LogP contribution in [-0.4, -0.2) is 32.8 Å². The van der Waals surface area contributed by atoms with E-state index in [1.165, 1.54) is 13.1 Å². The molecule has 0 fully saturated rings. The first-order valence-electron chi connectivity index (χ1n) is 6.59. The number of benzene rings is 1. The summed E-state index contributed by atoms with van der Waals surface area (Å²) < 4.78 is 1.72. The van der Waals surface area contributed by atoms with Crippen LogP contribution < -0.4 is 5.32 Å². The van der Waals surface area contributed by atoms with Crippen LogP contribution in [0, 0.1) is 6.92 Å². The average Bonchev–Trinajstić information content (AvgIpc) is 2.81. The van der Waals surface area contributed by atoms with Gasteiger partial charge in [-0.3, -0.25) is 14.3 Å². The third kappa shape index (κ3) is 3.47. The highest BCUT2D eigenvalue weighted by Crippen LogP contribution is 2.10. The number of aliphatic carboxylic acids is 1. The van der Waals surface area contributed by atoms with Crippen LogP contribution in [0.2, 0.25) is 0 Å². The molecule has 0 aliphatic rings. The van der Waals surface area contributed by atoms with Gasteiger partial charge in [-0.25, -0.2) is 0 Å². The number of carbonyl (C=O) groups excluding carboxylic acids is 1. The number of nitrogens with one attached hydrogen (secondary N) is 1. The smallest absolute Gasteiger partial charge is 0.325 e. The Morgan fingerprint density at radius 3 is 2.62 bits per heavy atom. The van der Waals surface area contributed by atoms with E-state index in [1.54, 1.807) is 11.6 Å². The number of hydrogen-bond donors (Lipinski definition) is 2. The molecule has 2 rings (SSSR count). The lowest BCUT2D eigenvalue weighted by Gasteiger charge is -2.09. The van der Waals surface area contributed by atoms with Crippen LogP contribution in [0.3, 0.4) is 0 Å². The second-order valence-corrected chi connectivity index (χ2v) is 4.82. The Morgan fingerprint density at radius 1 is 1.33 bits per heavy atom. The monoisotopic (exact) mass is 287 g/mol. The van der Waals surface area contributed by atoms with E-state index in [-0.39, 0.29) is 0 Å². The minimum absolute atomic E-state index is 0.388. The Hall–Kier alpha value is -2.63. The molecule has 1 aromatic heterocycles. The Kier molecular flexibility index (Phi) is 4.37. The molecule has 2 N–H and O–H groups in total. The Labute approximate surface area is 122 Å². The molecule has 110 valence electrons. The fraction of sp³-hybridized carbons (Fsp3) is 0.267. The Morgan fingerprint density at radius 2 is 2.00 bits per heavy atom. The van der Waals surface area contributed by atoms with Crippen LogP contribution in [0.1, 0.15) is 28.5 Å². The zero-order valence-corrected chi connectivity index (χ0v) is 11.9. The maximum absolute atomic E-state index is 12.0. The van der Waals surface area contributed by atoms with Crippen molar-refractivity contribution in [3.05, 3.63) is 53.3 Å². The van der Waals surface area contributed by atoms with E-state index in [9.17, 15) is 9.59 Å². The highest BCUT2D eigenvalue weighted by atomic mass is 16.4. The van der Waals surface area contributed by atoms with E-state index < -0.39 is 17.9 Å². The van der Waals surface area contributed by atoms with Gasteiger partial charge >= 0.3 is 5.97 Å².